The van der Waals surface area contributed by atoms with Crippen molar-refractivity contribution in [1.82, 2.24) is 0 Å². The number of ketones is 3. The normalized spacial score (nSPS) is 17.9. The highest BCUT2D eigenvalue weighted by Crippen LogP contribution is 2.46. The minimum absolute atomic E-state index is 0.0220. The van der Waals surface area contributed by atoms with Gasteiger partial charge in [-0.2, -0.15) is 0 Å². The number of carbonyl (C=O) groups is 3. The van der Waals surface area contributed by atoms with Gasteiger partial charge in [0, 0.05) is 28.3 Å². The number of hydrogen-bond acceptors (Lipinski definition) is 7. The highest BCUT2D eigenvalue weighted by molar-refractivity contribution is 6.32. The lowest BCUT2D eigenvalue weighted by atomic mass is 9.74. The van der Waals surface area contributed by atoms with Gasteiger partial charge in [-0.05, 0) is 25.3 Å². The van der Waals surface area contributed by atoms with Gasteiger partial charge in [0.2, 0.25) is 0 Å². The third kappa shape index (κ3) is 2.28. The number of carbonyl (C=O) groups excluding carboxylic acids is 3. The summed E-state index contributed by atoms with van der Waals surface area (Å²) in [4.78, 5) is 37.8. The van der Waals surface area contributed by atoms with Crippen LogP contribution < -0.4 is 5.73 Å². The number of Topliss-reactive ketones (excluding diaryl/α,β-unsaturated/α-hetero) is 1. The van der Waals surface area contributed by atoms with E-state index in [1.807, 2.05) is 0 Å². The van der Waals surface area contributed by atoms with E-state index in [9.17, 15) is 24.6 Å². The Hall–Kier alpha value is -3.19. The first-order valence-corrected chi connectivity index (χ1v) is 8.57. The average Bonchev–Trinajstić information content (AvgIpc) is 2.67. The Kier molecular flexibility index (Phi) is 3.78. The van der Waals surface area contributed by atoms with Crippen molar-refractivity contribution in [2.45, 2.75) is 19.3 Å². The number of phenols is 2. The maximum atomic E-state index is 13.0. The second-order valence-corrected chi connectivity index (χ2v) is 6.90. The monoisotopic (exact) mass is 367 g/mol. The zero-order valence-electron chi connectivity index (χ0n) is 14.3. The first-order valence-electron chi connectivity index (χ1n) is 8.57. The Morgan fingerprint density at radius 1 is 1.04 bits per heavy atom. The summed E-state index contributed by atoms with van der Waals surface area (Å²) in [5, 5.41) is 30.6. The number of nitrogens with two attached hydrogens (primary N) is 1. The summed E-state index contributed by atoms with van der Waals surface area (Å²) in [6, 6.07) is 4.48. The van der Waals surface area contributed by atoms with E-state index in [0.29, 0.717) is 12.0 Å². The molecule has 0 bridgehead atoms. The maximum absolute atomic E-state index is 13.0. The summed E-state index contributed by atoms with van der Waals surface area (Å²) in [6.07, 6.45) is 0.711. The van der Waals surface area contributed by atoms with Gasteiger partial charge in [0.15, 0.2) is 17.3 Å². The number of aliphatic hydroxyl groups excluding tert-OH is 1. The molecule has 0 saturated heterocycles. The van der Waals surface area contributed by atoms with Crippen LogP contribution in [0.3, 0.4) is 0 Å². The van der Waals surface area contributed by atoms with Crippen molar-refractivity contribution in [3.05, 3.63) is 51.6 Å². The molecular weight excluding hydrogens is 350 g/mol. The molecule has 27 heavy (non-hydrogen) atoms. The van der Waals surface area contributed by atoms with Crippen LogP contribution in [0, 0.1) is 5.92 Å². The molecule has 7 heteroatoms. The molecule has 0 fully saturated rings. The standard InChI is InChI=1S/C20H17NO6/c21-12-3-1-2-10-14(12)20(27)16-15(18(10)25)19(26)11-6-8(13(23)7-22)4-5-9(11)17(16)24/h1-3,8,22,24,26H,4-7,21H2/t8-/m0/s1. The zero-order valence-corrected chi connectivity index (χ0v) is 14.3. The topological polar surface area (TPSA) is 138 Å². The Morgan fingerprint density at radius 2 is 1.70 bits per heavy atom. The van der Waals surface area contributed by atoms with E-state index in [0.717, 1.165) is 0 Å². The van der Waals surface area contributed by atoms with Crippen molar-refractivity contribution < 1.29 is 29.7 Å². The van der Waals surface area contributed by atoms with Crippen molar-refractivity contribution >= 4 is 23.0 Å². The van der Waals surface area contributed by atoms with Crippen molar-refractivity contribution in [2.75, 3.05) is 12.3 Å². The van der Waals surface area contributed by atoms with Gasteiger partial charge >= 0.3 is 0 Å². The summed E-state index contributed by atoms with van der Waals surface area (Å²) in [5.41, 5.74) is 6.21. The van der Waals surface area contributed by atoms with E-state index < -0.39 is 24.1 Å². The minimum Gasteiger partial charge on any atom is -0.507 e. The van der Waals surface area contributed by atoms with Gasteiger partial charge in [-0.3, -0.25) is 14.4 Å². The maximum Gasteiger partial charge on any atom is 0.200 e. The molecule has 0 aromatic heterocycles. The average molecular weight is 367 g/mol. The molecular formula is C20H17NO6. The molecule has 2 aromatic rings. The Morgan fingerprint density at radius 3 is 2.41 bits per heavy atom. The Balaban J connectivity index is 1.95. The van der Waals surface area contributed by atoms with Gasteiger partial charge in [0.25, 0.3) is 0 Å². The van der Waals surface area contributed by atoms with E-state index in [1.54, 1.807) is 0 Å². The number of benzene rings is 2. The molecule has 0 spiro atoms. The SMILES string of the molecule is Nc1cccc2c1C(=O)c1c(O)c3c(c(O)c1C2=O)C[C@@H](C(=O)CO)CC3. The van der Waals surface area contributed by atoms with Gasteiger partial charge < -0.3 is 21.1 Å². The predicted molar refractivity (Wildman–Crippen MR) is 95.1 cm³/mol. The summed E-state index contributed by atoms with van der Waals surface area (Å²) in [6.45, 7) is -0.609. The second kappa shape index (κ2) is 5.92. The number of aromatic hydroxyl groups is 2. The summed E-state index contributed by atoms with van der Waals surface area (Å²) >= 11 is 0. The van der Waals surface area contributed by atoms with Crippen LogP contribution in [0.5, 0.6) is 11.5 Å². The van der Waals surface area contributed by atoms with Crippen molar-refractivity contribution in [2.24, 2.45) is 5.92 Å². The fourth-order valence-corrected chi connectivity index (χ4v) is 4.10. The third-order valence-corrected chi connectivity index (χ3v) is 5.49. The molecule has 4 rings (SSSR count). The van der Waals surface area contributed by atoms with Crippen LogP contribution in [0.25, 0.3) is 0 Å². The van der Waals surface area contributed by atoms with Crippen LogP contribution in [0.1, 0.15) is 49.4 Å². The smallest absolute Gasteiger partial charge is 0.200 e. The molecule has 0 heterocycles. The molecule has 0 amide bonds. The van der Waals surface area contributed by atoms with Crippen molar-refractivity contribution in [1.29, 1.82) is 0 Å². The van der Waals surface area contributed by atoms with E-state index in [-0.39, 0.29) is 63.6 Å². The van der Waals surface area contributed by atoms with E-state index in [4.69, 9.17) is 10.8 Å². The summed E-state index contributed by atoms with van der Waals surface area (Å²) in [5.74, 6) is -2.82. The van der Waals surface area contributed by atoms with Gasteiger partial charge in [-0.1, -0.05) is 12.1 Å². The summed E-state index contributed by atoms with van der Waals surface area (Å²) in [7, 11) is 0. The van der Waals surface area contributed by atoms with Crippen LogP contribution in [0.4, 0.5) is 5.69 Å². The van der Waals surface area contributed by atoms with Crippen LogP contribution in [0.15, 0.2) is 18.2 Å². The molecule has 2 aromatic carbocycles. The first-order chi connectivity index (χ1) is 12.9. The Bertz CT molecular complexity index is 1040. The zero-order chi connectivity index (χ0) is 19.5. The molecule has 0 radical (unpaired) electrons. The molecule has 0 aliphatic heterocycles. The number of nitrogen functional groups attached to an aromatic ring is 1. The third-order valence-electron chi connectivity index (χ3n) is 5.49. The lowest BCUT2D eigenvalue weighted by molar-refractivity contribution is -0.125. The van der Waals surface area contributed by atoms with Crippen molar-refractivity contribution in [3.8, 4) is 11.5 Å². The van der Waals surface area contributed by atoms with Gasteiger partial charge in [0.1, 0.15) is 18.1 Å². The molecule has 0 saturated carbocycles. The summed E-state index contributed by atoms with van der Waals surface area (Å²) < 4.78 is 0. The fraction of sp³-hybridized carbons (Fsp3) is 0.250. The molecule has 138 valence electrons. The Labute approximate surface area is 154 Å². The molecule has 2 aliphatic carbocycles. The lowest BCUT2D eigenvalue weighted by Gasteiger charge is -2.29. The van der Waals surface area contributed by atoms with Crippen LogP contribution in [-0.2, 0) is 17.6 Å². The molecule has 5 N–H and O–H groups in total. The van der Waals surface area contributed by atoms with Gasteiger partial charge in [0.05, 0.1) is 16.7 Å². The molecule has 1 atom stereocenters. The molecule has 7 nitrogen and oxygen atoms in total. The first kappa shape index (κ1) is 17.2. The highest BCUT2D eigenvalue weighted by Gasteiger charge is 2.40. The van der Waals surface area contributed by atoms with E-state index in [1.165, 1.54) is 18.2 Å². The van der Waals surface area contributed by atoms with Gasteiger partial charge in [-0.25, -0.2) is 0 Å². The minimum atomic E-state index is -0.609. The van der Waals surface area contributed by atoms with E-state index in [2.05, 4.69) is 0 Å². The van der Waals surface area contributed by atoms with E-state index >= 15 is 0 Å². The van der Waals surface area contributed by atoms with Crippen LogP contribution in [0.2, 0.25) is 0 Å². The van der Waals surface area contributed by atoms with Crippen molar-refractivity contribution in [3.63, 3.8) is 0 Å². The number of anilines is 1. The largest absolute Gasteiger partial charge is 0.507 e. The number of hydrogen-bond donors (Lipinski definition) is 4. The highest BCUT2D eigenvalue weighted by atomic mass is 16.3. The molecule has 0 unspecified atom stereocenters. The number of fused-ring (bicyclic) bond motifs is 3. The van der Waals surface area contributed by atoms with Crippen LogP contribution in [-0.4, -0.2) is 39.3 Å². The predicted octanol–water partition coefficient (Wildman–Crippen LogP) is 1.12. The van der Waals surface area contributed by atoms with Gasteiger partial charge in [-0.15, -0.1) is 0 Å². The lowest BCUT2D eigenvalue weighted by Crippen LogP contribution is -2.28. The second-order valence-electron chi connectivity index (χ2n) is 6.90. The number of phenolic OH excluding ortho intramolecular Hbond substituents is 2. The fourth-order valence-electron chi connectivity index (χ4n) is 4.10. The quantitative estimate of drug-likeness (QED) is 0.393. The number of aliphatic hydroxyl groups is 1. The molecule has 2 aliphatic rings. The van der Waals surface area contributed by atoms with Crippen LogP contribution >= 0.6 is 0 Å². The number of rotatable bonds is 2.